The van der Waals surface area contributed by atoms with Gasteiger partial charge in [0.2, 0.25) is 20.0 Å². The van der Waals surface area contributed by atoms with Crippen molar-refractivity contribution >= 4 is 58.8 Å². The number of rotatable bonds is 5. The van der Waals surface area contributed by atoms with Crippen molar-refractivity contribution in [2.24, 2.45) is 5.14 Å². The van der Waals surface area contributed by atoms with Crippen LogP contribution in [-0.2, 0) is 20.0 Å². The van der Waals surface area contributed by atoms with Crippen LogP contribution in [0.15, 0.2) is 53.4 Å². The molecule has 1 heterocycles. The summed E-state index contributed by atoms with van der Waals surface area (Å²) in [5, 5.41) is 8.48. The number of hydrogen-bond donors (Lipinski definition) is 2. The minimum Gasteiger partial charge on any atom is -0.321 e. The summed E-state index contributed by atoms with van der Waals surface area (Å²) in [4.78, 5) is 12.9. The quantitative estimate of drug-likeness (QED) is 0.630. The van der Waals surface area contributed by atoms with E-state index in [1.807, 2.05) is 0 Å². The van der Waals surface area contributed by atoms with Gasteiger partial charge in [0.05, 0.1) is 21.7 Å². The van der Waals surface area contributed by atoms with Crippen LogP contribution in [0.4, 0.5) is 11.4 Å². The summed E-state index contributed by atoms with van der Waals surface area (Å²) in [6.07, 6.45) is 1.12. The van der Waals surface area contributed by atoms with E-state index in [-0.39, 0.29) is 10.8 Å². The molecule has 0 atom stereocenters. The number of fused-ring (bicyclic) bond motifs is 1. The number of carbonyl (C=O) groups is 1. The summed E-state index contributed by atoms with van der Waals surface area (Å²) in [5.41, 5.74) is 0.922. The number of nitrogens with two attached hydrogens (primary N) is 1. The van der Waals surface area contributed by atoms with Crippen molar-refractivity contribution in [2.45, 2.75) is 4.90 Å². The minimum absolute atomic E-state index is 0.0464. The van der Waals surface area contributed by atoms with Crippen molar-refractivity contribution in [1.29, 1.82) is 0 Å². The van der Waals surface area contributed by atoms with Gasteiger partial charge >= 0.3 is 0 Å². The second kappa shape index (κ2) is 7.17. The number of benzene rings is 2. The number of nitrogens with one attached hydrogen (secondary N) is 1. The Morgan fingerprint density at radius 3 is 2.25 bits per heavy atom. The molecule has 0 bridgehead atoms. The Bertz CT molecular complexity index is 1260. The second-order valence-electron chi connectivity index (χ2n) is 6.09. The average molecular weight is 440 g/mol. The molecule has 3 aromatic rings. The van der Waals surface area contributed by atoms with Gasteiger partial charge in [-0.25, -0.2) is 22.0 Å². The van der Waals surface area contributed by atoms with Gasteiger partial charge in [-0.3, -0.25) is 9.10 Å². The first-order valence-electron chi connectivity index (χ1n) is 7.87. The van der Waals surface area contributed by atoms with E-state index in [0.717, 1.165) is 20.6 Å². The van der Waals surface area contributed by atoms with Crippen LogP contribution in [0.3, 0.4) is 0 Å². The Morgan fingerprint density at radius 1 is 1.04 bits per heavy atom. The van der Waals surface area contributed by atoms with Crippen LogP contribution in [0.1, 0.15) is 9.67 Å². The Labute approximate surface area is 166 Å². The highest BCUT2D eigenvalue weighted by Crippen LogP contribution is 2.30. The summed E-state index contributed by atoms with van der Waals surface area (Å²) >= 11 is 1.26. The molecule has 0 aliphatic carbocycles. The zero-order chi connectivity index (χ0) is 20.7. The Kier molecular flexibility index (Phi) is 5.19. The molecule has 3 N–H and O–H groups in total. The van der Waals surface area contributed by atoms with Crippen molar-refractivity contribution in [3.05, 3.63) is 53.4 Å². The van der Waals surface area contributed by atoms with Crippen molar-refractivity contribution in [3.8, 4) is 0 Å². The van der Waals surface area contributed by atoms with Gasteiger partial charge in [0, 0.05) is 17.4 Å². The van der Waals surface area contributed by atoms with Gasteiger partial charge in [-0.15, -0.1) is 11.3 Å². The van der Waals surface area contributed by atoms with E-state index in [2.05, 4.69) is 5.32 Å². The lowest BCUT2D eigenvalue weighted by atomic mass is 10.2. The lowest BCUT2D eigenvalue weighted by molar-refractivity contribution is 0.103. The molecule has 0 aliphatic rings. The zero-order valence-electron chi connectivity index (χ0n) is 14.9. The fourth-order valence-corrected chi connectivity index (χ4v) is 4.40. The molecule has 0 fully saturated rings. The molecule has 0 radical (unpaired) electrons. The summed E-state index contributed by atoms with van der Waals surface area (Å²) in [7, 11) is -5.72. The first-order chi connectivity index (χ1) is 12.9. The number of primary sulfonamides is 1. The molecule has 1 amide bonds. The first kappa shape index (κ1) is 20.3. The lowest BCUT2D eigenvalue weighted by Gasteiger charge is -2.16. The van der Waals surface area contributed by atoms with Crippen molar-refractivity contribution in [3.63, 3.8) is 0 Å². The van der Waals surface area contributed by atoms with E-state index in [0.29, 0.717) is 16.3 Å². The number of thiophene rings is 1. The third-order valence-corrected chi connectivity index (χ3v) is 7.28. The summed E-state index contributed by atoms with van der Waals surface area (Å²) < 4.78 is 47.9. The van der Waals surface area contributed by atoms with Gasteiger partial charge in [-0.05, 0) is 53.9 Å². The van der Waals surface area contributed by atoms with Gasteiger partial charge in [0.15, 0.2) is 0 Å². The fraction of sp³-hybridized carbons (Fsp3) is 0.118. The standard InChI is InChI=1S/C17H17N3O5S3/c1-20(27(2,22)23)13-5-8-15-11(9-13)10-16(26-15)17(21)19-12-3-6-14(7-4-12)28(18,24)25/h3-10H,1-2H3,(H,19,21)(H2,18,24,25). The van der Waals surface area contributed by atoms with Crippen LogP contribution in [0, 0.1) is 0 Å². The van der Waals surface area contributed by atoms with Crippen molar-refractivity contribution in [2.75, 3.05) is 22.9 Å². The van der Waals surface area contributed by atoms with Crippen LogP contribution in [-0.4, -0.2) is 36.0 Å². The fourth-order valence-electron chi connectivity index (χ4n) is 2.45. The number of hydrogen-bond acceptors (Lipinski definition) is 6. The topological polar surface area (TPSA) is 127 Å². The van der Waals surface area contributed by atoms with Crippen molar-refractivity contribution in [1.82, 2.24) is 0 Å². The van der Waals surface area contributed by atoms with Gasteiger partial charge in [0.1, 0.15) is 0 Å². The highest BCUT2D eigenvalue weighted by atomic mass is 32.2. The molecule has 2 aromatic carbocycles. The first-order valence-corrected chi connectivity index (χ1v) is 12.1. The normalized spacial score (nSPS) is 12.1. The third kappa shape index (κ3) is 4.33. The van der Waals surface area contributed by atoms with E-state index in [4.69, 9.17) is 5.14 Å². The largest absolute Gasteiger partial charge is 0.321 e. The summed E-state index contributed by atoms with van der Waals surface area (Å²) in [6.45, 7) is 0. The number of nitrogens with zero attached hydrogens (tertiary/aromatic N) is 1. The van der Waals surface area contributed by atoms with Crippen LogP contribution < -0.4 is 14.8 Å². The van der Waals surface area contributed by atoms with Crippen molar-refractivity contribution < 1.29 is 21.6 Å². The minimum atomic E-state index is -3.80. The van der Waals surface area contributed by atoms with E-state index in [1.54, 1.807) is 24.3 Å². The highest BCUT2D eigenvalue weighted by Gasteiger charge is 2.15. The molecule has 8 nitrogen and oxygen atoms in total. The molecule has 28 heavy (non-hydrogen) atoms. The molecule has 11 heteroatoms. The van der Waals surface area contributed by atoms with E-state index in [9.17, 15) is 21.6 Å². The van der Waals surface area contributed by atoms with E-state index in [1.165, 1.54) is 42.6 Å². The van der Waals surface area contributed by atoms with Crippen LogP contribution >= 0.6 is 11.3 Å². The Balaban J connectivity index is 1.84. The smallest absolute Gasteiger partial charge is 0.265 e. The maximum absolute atomic E-state index is 12.5. The number of sulfonamides is 2. The van der Waals surface area contributed by atoms with Gasteiger partial charge in [-0.1, -0.05) is 0 Å². The molecule has 0 saturated heterocycles. The number of carbonyl (C=O) groups excluding carboxylic acids is 1. The maximum atomic E-state index is 12.5. The molecule has 0 saturated carbocycles. The van der Waals surface area contributed by atoms with Gasteiger partial charge in [-0.2, -0.15) is 0 Å². The van der Waals surface area contributed by atoms with Crippen LogP contribution in [0.2, 0.25) is 0 Å². The van der Waals surface area contributed by atoms with Crippen LogP contribution in [0.5, 0.6) is 0 Å². The average Bonchev–Trinajstić information content (AvgIpc) is 3.03. The maximum Gasteiger partial charge on any atom is 0.265 e. The summed E-state index contributed by atoms with van der Waals surface area (Å²) in [6, 6.07) is 12.3. The monoisotopic (exact) mass is 439 g/mol. The predicted molar refractivity (Wildman–Crippen MR) is 111 cm³/mol. The van der Waals surface area contributed by atoms with E-state index >= 15 is 0 Å². The van der Waals surface area contributed by atoms with Gasteiger partial charge < -0.3 is 5.32 Å². The predicted octanol–water partition coefficient (Wildman–Crippen LogP) is 2.20. The molecule has 3 rings (SSSR count). The SMILES string of the molecule is CN(c1ccc2sc(C(=O)Nc3ccc(S(N)(=O)=O)cc3)cc2c1)S(C)(=O)=O. The molecule has 0 aliphatic heterocycles. The third-order valence-electron chi connectivity index (χ3n) is 4.03. The lowest BCUT2D eigenvalue weighted by Crippen LogP contribution is -2.24. The summed E-state index contributed by atoms with van der Waals surface area (Å²) in [5.74, 6) is -0.359. The molecular weight excluding hydrogens is 422 g/mol. The highest BCUT2D eigenvalue weighted by molar-refractivity contribution is 7.92. The van der Waals surface area contributed by atoms with E-state index < -0.39 is 20.0 Å². The molecule has 0 spiro atoms. The molecular formula is C17H17N3O5S3. The van der Waals surface area contributed by atoms with Crippen LogP contribution in [0.25, 0.3) is 10.1 Å². The zero-order valence-corrected chi connectivity index (χ0v) is 17.4. The second-order valence-corrected chi connectivity index (χ2v) is 10.7. The number of amides is 1. The molecule has 0 unspecified atom stereocenters. The Morgan fingerprint density at radius 2 is 1.68 bits per heavy atom. The molecule has 1 aromatic heterocycles. The van der Waals surface area contributed by atoms with Gasteiger partial charge in [0.25, 0.3) is 5.91 Å². The molecule has 148 valence electrons. The number of anilines is 2. The Hall–Kier alpha value is -2.47.